The Bertz CT molecular complexity index is 1300. The summed E-state index contributed by atoms with van der Waals surface area (Å²) in [5.74, 6) is -0.344. The molecule has 1 atom stereocenters. The molecular weight excluding hydrogens is 502 g/mol. The number of nitrogens with one attached hydrogen (secondary N) is 1. The van der Waals surface area contributed by atoms with E-state index in [0.717, 1.165) is 22.7 Å². The van der Waals surface area contributed by atoms with Gasteiger partial charge in [-0.05, 0) is 43.2 Å². The molecule has 0 fully saturated rings. The van der Waals surface area contributed by atoms with Crippen LogP contribution in [0.4, 0.5) is 5.69 Å². The highest BCUT2D eigenvalue weighted by atomic mass is 32.2. The molecule has 0 spiro atoms. The minimum atomic E-state index is -4.11. The number of ether oxygens (including phenoxy) is 1. The van der Waals surface area contributed by atoms with Gasteiger partial charge in [0, 0.05) is 19.2 Å². The van der Waals surface area contributed by atoms with E-state index in [1.807, 2.05) is 37.3 Å². The van der Waals surface area contributed by atoms with Crippen molar-refractivity contribution in [3.8, 4) is 5.75 Å². The van der Waals surface area contributed by atoms with Crippen molar-refractivity contribution < 1.29 is 22.7 Å². The Balaban J connectivity index is 1.99. The van der Waals surface area contributed by atoms with E-state index in [2.05, 4.69) is 5.32 Å². The van der Waals surface area contributed by atoms with Crippen LogP contribution >= 0.6 is 0 Å². The molecule has 0 heterocycles. The van der Waals surface area contributed by atoms with Gasteiger partial charge in [-0.15, -0.1) is 0 Å². The van der Waals surface area contributed by atoms with Crippen molar-refractivity contribution in [1.82, 2.24) is 10.2 Å². The summed E-state index contributed by atoms with van der Waals surface area (Å²) in [4.78, 5) is 28.3. The smallest absolute Gasteiger partial charge is 0.264 e. The highest BCUT2D eigenvalue weighted by Gasteiger charge is 2.32. The molecule has 8 nitrogen and oxygen atoms in total. The summed E-state index contributed by atoms with van der Waals surface area (Å²) in [5.41, 5.74) is 1.11. The van der Waals surface area contributed by atoms with Gasteiger partial charge in [0.2, 0.25) is 11.8 Å². The maximum atomic E-state index is 13.8. The Morgan fingerprint density at radius 3 is 2.24 bits per heavy atom. The number of sulfonamides is 1. The fourth-order valence-corrected chi connectivity index (χ4v) is 5.34. The SMILES string of the molecule is CCCCNC(=O)C(C)N(Cc1ccccc1)C(=O)CN(c1cccc(OC)c1)S(=O)(=O)c1ccccc1. The Labute approximate surface area is 225 Å². The Morgan fingerprint density at radius 1 is 0.947 bits per heavy atom. The fraction of sp³-hybridized carbons (Fsp3) is 0.310. The molecule has 0 aliphatic carbocycles. The van der Waals surface area contributed by atoms with E-state index < -0.39 is 28.5 Å². The van der Waals surface area contributed by atoms with E-state index >= 15 is 0 Å². The molecule has 0 aliphatic rings. The maximum Gasteiger partial charge on any atom is 0.264 e. The van der Waals surface area contributed by atoms with Crippen LogP contribution in [0, 0.1) is 0 Å². The molecular formula is C29H35N3O5S. The van der Waals surface area contributed by atoms with Gasteiger partial charge in [0.05, 0.1) is 17.7 Å². The van der Waals surface area contributed by atoms with Crippen molar-refractivity contribution in [3.05, 3.63) is 90.5 Å². The van der Waals surface area contributed by atoms with Gasteiger partial charge in [-0.3, -0.25) is 13.9 Å². The summed E-state index contributed by atoms with van der Waals surface area (Å²) in [7, 11) is -2.63. The third-order valence-electron chi connectivity index (χ3n) is 6.14. The van der Waals surface area contributed by atoms with E-state index in [0.29, 0.717) is 12.3 Å². The highest BCUT2D eigenvalue weighted by molar-refractivity contribution is 7.92. The summed E-state index contributed by atoms with van der Waals surface area (Å²) < 4.78 is 33.9. The second kappa shape index (κ2) is 13.6. The molecule has 2 amide bonds. The zero-order valence-electron chi connectivity index (χ0n) is 22.0. The minimum Gasteiger partial charge on any atom is -0.497 e. The number of methoxy groups -OCH3 is 1. The summed E-state index contributed by atoms with van der Waals surface area (Å²) in [6.07, 6.45) is 1.75. The van der Waals surface area contributed by atoms with Crippen molar-refractivity contribution in [1.29, 1.82) is 0 Å². The van der Waals surface area contributed by atoms with Crippen LogP contribution < -0.4 is 14.4 Å². The van der Waals surface area contributed by atoms with Gasteiger partial charge >= 0.3 is 0 Å². The quantitative estimate of drug-likeness (QED) is 0.329. The van der Waals surface area contributed by atoms with Gasteiger partial charge in [0.1, 0.15) is 18.3 Å². The molecule has 0 aliphatic heterocycles. The zero-order valence-corrected chi connectivity index (χ0v) is 22.9. The second-order valence-corrected chi connectivity index (χ2v) is 10.7. The molecule has 38 heavy (non-hydrogen) atoms. The summed E-state index contributed by atoms with van der Waals surface area (Å²) >= 11 is 0. The van der Waals surface area contributed by atoms with Gasteiger partial charge in [-0.1, -0.05) is 67.9 Å². The van der Waals surface area contributed by atoms with Crippen molar-refractivity contribution >= 4 is 27.5 Å². The van der Waals surface area contributed by atoms with E-state index in [1.165, 1.54) is 24.1 Å². The van der Waals surface area contributed by atoms with Crippen LogP contribution in [0.5, 0.6) is 5.75 Å². The number of hydrogen-bond donors (Lipinski definition) is 1. The van der Waals surface area contributed by atoms with Crippen LogP contribution in [0.25, 0.3) is 0 Å². The third kappa shape index (κ3) is 7.35. The lowest BCUT2D eigenvalue weighted by Crippen LogP contribution is -2.51. The minimum absolute atomic E-state index is 0.0515. The average molecular weight is 538 g/mol. The van der Waals surface area contributed by atoms with Crippen LogP contribution in [0.3, 0.4) is 0 Å². The number of rotatable bonds is 13. The van der Waals surface area contributed by atoms with Crippen LogP contribution in [-0.4, -0.2) is 51.4 Å². The van der Waals surface area contributed by atoms with Crippen molar-refractivity contribution in [3.63, 3.8) is 0 Å². The molecule has 202 valence electrons. The summed E-state index contributed by atoms with van der Waals surface area (Å²) in [6, 6.07) is 23.0. The third-order valence-corrected chi connectivity index (χ3v) is 7.93. The number of anilines is 1. The van der Waals surface area contributed by atoms with Crippen LogP contribution in [0.15, 0.2) is 89.8 Å². The van der Waals surface area contributed by atoms with E-state index in [4.69, 9.17) is 4.74 Å². The van der Waals surface area contributed by atoms with Crippen molar-refractivity contribution in [2.24, 2.45) is 0 Å². The van der Waals surface area contributed by atoms with Gasteiger partial charge in [-0.2, -0.15) is 0 Å². The first-order valence-corrected chi connectivity index (χ1v) is 14.0. The molecule has 0 radical (unpaired) electrons. The van der Waals surface area contributed by atoms with Crippen LogP contribution in [0.1, 0.15) is 32.3 Å². The van der Waals surface area contributed by atoms with Crippen LogP contribution in [-0.2, 0) is 26.2 Å². The number of benzene rings is 3. The summed E-state index contributed by atoms with van der Waals surface area (Å²) in [6.45, 7) is 3.85. The molecule has 0 aromatic heterocycles. The van der Waals surface area contributed by atoms with Gasteiger partial charge in [0.15, 0.2) is 0 Å². The number of hydrogen-bond acceptors (Lipinski definition) is 5. The Kier molecular flexibility index (Phi) is 10.3. The predicted octanol–water partition coefficient (Wildman–Crippen LogP) is 4.22. The molecule has 1 N–H and O–H groups in total. The topological polar surface area (TPSA) is 96.0 Å². The molecule has 9 heteroatoms. The summed E-state index contributed by atoms with van der Waals surface area (Å²) in [5, 5.41) is 2.88. The van der Waals surface area contributed by atoms with Crippen molar-refractivity contribution in [2.75, 3.05) is 24.5 Å². The molecule has 0 bridgehead atoms. The Hall–Kier alpha value is -3.85. The first-order valence-electron chi connectivity index (χ1n) is 12.6. The number of carbonyl (C=O) groups is 2. The van der Waals surface area contributed by atoms with Gasteiger partial charge in [-0.25, -0.2) is 8.42 Å². The number of nitrogens with zero attached hydrogens (tertiary/aromatic N) is 2. The van der Waals surface area contributed by atoms with E-state index in [9.17, 15) is 18.0 Å². The van der Waals surface area contributed by atoms with E-state index in [1.54, 1.807) is 49.4 Å². The fourth-order valence-electron chi connectivity index (χ4n) is 3.91. The number of amides is 2. The van der Waals surface area contributed by atoms with Gasteiger partial charge < -0.3 is 15.0 Å². The second-order valence-electron chi connectivity index (χ2n) is 8.85. The number of carbonyl (C=O) groups excluding carboxylic acids is 2. The molecule has 0 saturated heterocycles. The van der Waals surface area contributed by atoms with Crippen molar-refractivity contribution in [2.45, 2.75) is 44.2 Å². The first-order chi connectivity index (χ1) is 18.3. The molecule has 0 saturated carbocycles. The Morgan fingerprint density at radius 2 is 1.61 bits per heavy atom. The normalized spacial score (nSPS) is 11.9. The van der Waals surface area contributed by atoms with Gasteiger partial charge in [0.25, 0.3) is 10.0 Å². The lowest BCUT2D eigenvalue weighted by Gasteiger charge is -2.32. The molecule has 3 aromatic carbocycles. The largest absolute Gasteiger partial charge is 0.497 e. The maximum absolute atomic E-state index is 13.8. The molecule has 3 rings (SSSR count). The first kappa shape index (κ1) is 28.7. The van der Waals surface area contributed by atoms with Crippen LogP contribution in [0.2, 0.25) is 0 Å². The molecule has 3 aromatic rings. The lowest BCUT2D eigenvalue weighted by atomic mass is 10.1. The predicted molar refractivity (Wildman–Crippen MR) is 148 cm³/mol. The monoisotopic (exact) mass is 537 g/mol. The molecule has 1 unspecified atom stereocenters. The van der Waals surface area contributed by atoms with E-state index in [-0.39, 0.29) is 23.0 Å². The standard InChI is InChI=1S/C29H35N3O5S/c1-4-5-19-30-29(34)23(2)31(21-24-13-8-6-9-14-24)28(33)22-32(25-15-12-16-26(20-25)37-3)38(35,36)27-17-10-7-11-18-27/h6-18,20,23H,4-5,19,21-22H2,1-3H3,(H,30,34). The lowest BCUT2D eigenvalue weighted by molar-refractivity contribution is -0.139. The average Bonchev–Trinajstić information content (AvgIpc) is 2.95. The zero-order chi connectivity index (χ0) is 27.5. The highest BCUT2D eigenvalue weighted by Crippen LogP contribution is 2.27. The number of unbranched alkanes of at least 4 members (excludes halogenated alkanes) is 1.